The molecule has 0 spiro atoms. The van der Waals surface area contributed by atoms with Crippen molar-refractivity contribution in [3.63, 3.8) is 0 Å². The summed E-state index contributed by atoms with van der Waals surface area (Å²) in [5.74, 6) is 0. The molecule has 0 unspecified atom stereocenters. The van der Waals surface area contributed by atoms with Crippen LogP contribution in [0.1, 0.15) is 52.7 Å². The number of fused-ring (bicyclic) bond motifs is 2. The Balaban J connectivity index is 1.93. The van der Waals surface area contributed by atoms with Crippen molar-refractivity contribution in [2.24, 2.45) is 5.41 Å². The molecule has 0 bridgehead atoms. The second kappa shape index (κ2) is 5.28. The number of halogens is 1. The van der Waals surface area contributed by atoms with Crippen LogP contribution >= 0.6 is 15.9 Å². The molecule has 0 radical (unpaired) electrons. The molecule has 0 aromatic heterocycles. The van der Waals surface area contributed by atoms with Crippen LogP contribution in [0.2, 0.25) is 0 Å². The average molecular weight is 413 g/mol. The van der Waals surface area contributed by atoms with Crippen LogP contribution in [-0.2, 0) is 10.8 Å². The highest BCUT2D eigenvalue weighted by Gasteiger charge is 2.57. The highest BCUT2D eigenvalue weighted by atomic mass is 79.9. The Morgan fingerprint density at radius 3 is 2.00 bits per heavy atom. The first-order chi connectivity index (χ1) is 12.0. The van der Waals surface area contributed by atoms with E-state index in [0.29, 0.717) is 0 Å². The van der Waals surface area contributed by atoms with Crippen LogP contribution in [0.5, 0.6) is 0 Å². The number of hydrogen-bond acceptors (Lipinski definition) is 2. The summed E-state index contributed by atoms with van der Waals surface area (Å²) in [5, 5.41) is 0. The molecule has 2 aliphatic rings. The van der Waals surface area contributed by atoms with Crippen LogP contribution < -0.4 is 9.80 Å². The van der Waals surface area contributed by atoms with E-state index < -0.39 is 0 Å². The van der Waals surface area contributed by atoms with Gasteiger partial charge in [0.15, 0.2) is 0 Å². The van der Waals surface area contributed by atoms with Gasteiger partial charge in [-0.25, -0.2) is 0 Å². The molecule has 0 fully saturated rings. The lowest BCUT2D eigenvalue weighted by Gasteiger charge is -2.44. The van der Waals surface area contributed by atoms with Gasteiger partial charge in [0, 0.05) is 17.2 Å². The van der Waals surface area contributed by atoms with Crippen molar-refractivity contribution in [1.29, 1.82) is 0 Å². The summed E-state index contributed by atoms with van der Waals surface area (Å²) in [6.45, 7) is 15.4. The molecule has 26 heavy (non-hydrogen) atoms. The van der Waals surface area contributed by atoms with Crippen LogP contribution in [0.3, 0.4) is 0 Å². The maximum Gasteiger partial charge on any atom is 0.0950 e. The summed E-state index contributed by atoms with van der Waals surface area (Å²) in [6, 6.07) is 13.5. The highest BCUT2D eigenvalue weighted by molar-refractivity contribution is 9.10. The Labute approximate surface area is 166 Å². The summed E-state index contributed by atoms with van der Waals surface area (Å²) in [4.78, 5) is 4.79. The number of rotatable bonds is 1. The Bertz CT molecular complexity index is 895. The van der Waals surface area contributed by atoms with Crippen LogP contribution in [0, 0.1) is 5.41 Å². The van der Waals surface area contributed by atoms with Gasteiger partial charge >= 0.3 is 0 Å². The van der Waals surface area contributed by atoms with Gasteiger partial charge in [-0.2, -0.15) is 0 Å². The molecule has 2 nitrogen and oxygen atoms in total. The first-order valence-electron chi connectivity index (χ1n) is 9.42. The second-order valence-corrected chi connectivity index (χ2v) is 10.4. The molecule has 1 heterocycles. The lowest BCUT2D eigenvalue weighted by Crippen LogP contribution is -2.42. The Morgan fingerprint density at radius 1 is 0.846 bits per heavy atom. The SMILES string of the molecule is CN1CN(c2cccc(Br)c2)c2cc3c(cc21)C(C)(C)C(C)(C)C3(C)C. The van der Waals surface area contributed by atoms with Gasteiger partial charge in [0.05, 0.1) is 18.0 Å². The molecule has 1 aliphatic heterocycles. The van der Waals surface area contributed by atoms with Crippen LogP contribution in [0.15, 0.2) is 40.9 Å². The minimum atomic E-state index is 0.130. The first kappa shape index (κ1) is 17.9. The molecule has 1 aliphatic carbocycles. The van der Waals surface area contributed by atoms with Gasteiger partial charge in [-0.3, -0.25) is 0 Å². The zero-order valence-electron chi connectivity index (χ0n) is 16.9. The van der Waals surface area contributed by atoms with E-state index in [-0.39, 0.29) is 16.2 Å². The van der Waals surface area contributed by atoms with Crippen LogP contribution in [0.25, 0.3) is 0 Å². The Morgan fingerprint density at radius 2 is 1.42 bits per heavy atom. The normalized spacial score (nSPS) is 21.7. The zero-order chi connectivity index (χ0) is 19.1. The molecule has 0 amide bonds. The molecule has 2 aromatic carbocycles. The molecule has 138 valence electrons. The highest BCUT2D eigenvalue weighted by Crippen LogP contribution is 2.63. The molecule has 4 rings (SSSR count). The van der Waals surface area contributed by atoms with E-state index in [0.717, 1.165) is 11.1 Å². The molecule has 0 saturated heterocycles. The van der Waals surface area contributed by atoms with Crippen molar-refractivity contribution in [3.8, 4) is 0 Å². The second-order valence-electron chi connectivity index (χ2n) is 9.51. The summed E-state index contributed by atoms with van der Waals surface area (Å²) < 4.78 is 1.12. The van der Waals surface area contributed by atoms with Crippen molar-refractivity contribution in [3.05, 3.63) is 52.0 Å². The molecule has 0 N–H and O–H groups in total. The molecule has 2 aromatic rings. The van der Waals surface area contributed by atoms with Gasteiger partial charge < -0.3 is 9.80 Å². The monoisotopic (exact) mass is 412 g/mol. The summed E-state index contributed by atoms with van der Waals surface area (Å²) in [5.41, 5.74) is 7.37. The minimum absolute atomic E-state index is 0.130. The van der Waals surface area contributed by atoms with Crippen LogP contribution in [0.4, 0.5) is 17.1 Å². The lowest BCUT2D eigenvalue weighted by atomic mass is 9.59. The predicted molar refractivity (Wildman–Crippen MR) is 116 cm³/mol. The van der Waals surface area contributed by atoms with E-state index in [2.05, 4.69) is 111 Å². The van der Waals surface area contributed by atoms with E-state index in [1.54, 1.807) is 0 Å². The van der Waals surface area contributed by atoms with Gasteiger partial charge in [0.25, 0.3) is 0 Å². The summed E-state index contributed by atoms with van der Waals surface area (Å²) in [6.07, 6.45) is 0. The Kier molecular flexibility index (Phi) is 3.64. The van der Waals surface area contributed by atoms with Crippen LogP contribution in [-0.4, -0.2) is 13.7 Å². The zero-order valence-corrected chi connectivity index (χ0v) is 18.5. The third-order valence-electron chi connectivity index (χ3n) is 7.76. The fraction of sp³-hybridized carbons (Fsp3) is 0.478. The fourth-order valence-electron chi connectivity index (χ4n) is 4.82. The van der Waals surface area contributed by atoms with Crippen molar-refractivity contribution in [2.45, 2.75) is 52.4 Å². The molecular weight excluding hydrogens is 384 g/mol. The van der Waals surface area contributed by atoms with E-state index in [1.807, 2.05) is 0 Å². The van der Waals surface area contributed by atoms with Crippen molar-refractivity contribution in [2.75, 3.05) is 23.5 Å². The standard InChI is InChI=1S/C23H29BrN2/c1-21(2)17-12-19-20(13-18(17)22(3,4)23(21,5)6)26(14-25(19)7)16-10-8-9-15(24)11-16/h8-13H,14H2,1-7H3. The van der Waals surface area contributed by atoms with Gasteiger partial charge in [-0.05, 0) is 57.7 Å². The number of nitrogens with zero attached hydrogens (tertiary/aromatic N) is 2. The maximum atomic E-state index is 3.62. The van der Waals surface area contributed by atoms with Crippen molar-refractivity contribution >= 4 is 33.0 Å². The van der Waals surface area contributed by atoms with E-state index in [4.69, 9.17) is 0 Å². The lowest BCUT2D eigenvalue weighted by molar-refractivity contribution is 0.125. The van der Waals surface area contributed by atoms with Gasteiger partial charge in [0.2, 0.25) is 0 Å². The minimum Gasteiger partial charge on any atom is -0.355 e. The van der Waals surface area contributed by atoms with E-state index >= 15 is 0 Å². The molecule has 0 saturated carbocycles. The smallest absolute Gasteiger partial charge is 0.0950 e. The summed E-state index contributed by atoms with van der Waals surface area (Å²) in [7, 11) is 2.20. The number of benzene rings is 2. The van der Waals surface area contributed by atoms with Crippen molar-refractivity contribution in [1.82, 2.24) is 0 Å². The molecule has 0 atom stereocenters. The number of hydrogen-bond donors (Lipinski definition) is 0. The predicted octanol–water partition coefficient (Wildman–Crippen LogP) is 6.59. The molecular formula is C23H29BrN2. The van der Waals surface area contributed by atoms with Gasteiger partial charge in [0.1, 0.15) is 0 Å². The quantitative estimate of drug-likeness (QED) is 0.520. The van der Waals surface area contributed by atoms with Gasteiger partial charge in [-0.15, -0.1) is 0 Å². The topological polar surface area (TPSA) is 6.48 Å². The number of anilines is 3. The molecule has 3 heteroatoms. The van der Waals surface area contributed by atoms with Crippen molar-refractivity contribution < 1.29 is 0 Å². The maximum absolute atomic E-state index is 3.62. The average Bonchev–Trinajstić information content (AvgIpc) is 2.93. The third kappa shape index (κ3) is 2.10. The fourth-order valence-corrected chi connectivity index (χ4v) is 5.20. The third-order valence-corrected chi connectivity index (χ3v) is 8.26. The van der Waals surface area contributed by atoms with E-state index in [9.17, 15) is 0 Å². The Hall–Kier alpha value is -1.48. The van der Waals surface area contributed by atoms with E-state index in [1.165, 1.54) is 28.2 Å². The first-order valence-corrected chi connectivity index (χ1v) is 10.2. The summed E-state index contributed by atoms with van der Waals surface area (Å²) >= 11 is 3.62. The van der Waals surface area contributed by atoms with Gasteiger partial charge in [-0.1, -0.05) is 63.5 Å². The largest absolute Gasteiger partial charge is 0.355 e.